The molecule has 3 rings (SSSR count). The smallest absolute Gasteiger partial charge is 0.257 e. The second kappa shape index (κ2) is 8.90. The van der Waals surface area contributed by atoms with E-state index >= 15 is 0 Å². The lowest BCUT2D eigenvalue weighted by Gasteiger charge is -2.12. The number of nitrogens with one attached hydrogen (secondary N) is 2. The Bertz CT molecular complexity index is 1100. The highest BCUT2D eigenvalue weighted by molar-refractivity contribution is 6.35. The highest BCUT2D eigenvalue weighted by Crippen LogP contribution is 2.26. The molecule has 0 heterocycles. The third-order valence-corrected chi connectivity index (χ3v) is 4.61. The molecule has 0 aromatic heterocycles. The molecular formula is C22H16Cl2N2O3. The molecule has 0 saturated heterocycles. The van der Waals surface area contributed by atoms with Crippen molar-refractivity contribution in [3.05, 3.63) is 93.5 Å². The van der Waals surface area contributed by atoms with Gasteiger partial charge in [-0.2, -0.15) is 0 Å². The third-order valence-electron chi connectivity index (χ3n) is 4.04. The van der Waals surface area contributed by atoms with Gasteiger partial charge in [-0.1, -0.05) is 53.5 Å². The van der Waals surface area contributed by atoms with Crippen molar-refractivity contribution < 1.29 is 14.4 Å². The largest absolute Gasteiger partial charge is 0.326 e. The number of ketones is 1. The Kier molecular flexibility index (Phi) is 6.32. The van der Waals surface area contributed by atoms with E-state index in [1.165, 1.54) is 25.1 Å². The van der Waals surface area contributed by atoms with E-state index in [-0.39, 0.29) is 33.5 Å². The molecule has 2 N–H and O–H groups in total. The third kappa shape index (κ3) is 5.02. The lowest BCUT2D eigenvalue weighted by molar-refractivity contribution is -0.114. The fourth-order valence-corrected chi connectivity index (χ4v) is 3.10. The first-order valence-corrected chi connectivity index (χ1v) is 9.38. The number of hydrogen-bond donors (Lipinski definition) is 2. The maximum atomic E-state index is 12.7. The highest BCUT2D eigenvalue weighted by Gasteiger charge is 2.17. The molecule has 3 aromatic rings. The predicted molar refractivity (Wildman–Crippen MR) is 115 cm³/mol. The van der Waals surface area contributed by atoms with Gasteiger partial charge in [0, 0.05) is 28.8 Å². The fraction of sp³-hybridized carbons (Fsp3) is 0.0455. The molecule has 5 nitrogen and oxygen atoms in total. The van der Waals surface area contributed by atoms with Crippen LogP contribution in [0.2, 0.25) is 10.0 Å². The van der Waals surface area contributed by atoms with Gasteiger partial charge in [0.25, 0.3) is 5.91 Å². The molecule has 29 heavy (non-hydrogen) atoms. The number of carbonyl (C=O) groups excluding carboxylic acids is 3. The molecule has 146 valence electrons. The van der Waals surface area contributed by atoms with Gasteiger partial charge in [-0.05, 0) is 36.4 Å². The van der Waals surface area contributed by atoms with Crippen LogP contribution in [0.3, 0.4) is 0 Å². The molecule has 3 aromatic carbocycles. The second-order valence-corrected chi connectivity index (χ2v) is 7.06. The first-order valence-electron chi connectivity index (χ1n) is 8.63. The number of carbonyl (C=O) groups is 3. The summed E-state index contributed by atoms with van der Waals surface area (Å²) in [4.78, 5) is 36.9. The predicted octanol–water partition coefficient (Wildman–Crippen LogP) is 5.44. The minimum atomic E-state index is -0.467. The van der Waals surface area contributed by atoms with Crippen molar-refractivity contribution in [2.45, 2.75) is 6.92 Å². The molecule has 0 aliphatic carbocycles. The Hall–Kier alpha value is -3.15. The molecular weight excluding hydrogens is 411 g/mol. The van der Waals surface area contributed by atoms with E-state index in [1.807, 2.05) is 6.07 Å². The zero-order valence-corrected chi connectivity index (χ0v) is 16.8. The van der Waals surface area contributed by atoms with Crippen molar-refractivity contribution in [1.29, 1.82) is 0 Å². The standard InChI is InChI=1S/C22H16Cl2N2O3/c1-13(27)25-20-11-15(23)7-9-17(20)22(29)26-16-8-10-19(24)18(12-16)21(28)14-5-3-2-4-6-14/h2-12H,1H3,(H,25,27)(H,26,29). The van der Waals surface area contributed by atoms with Gasteiger partial charge >= 0.3 is 0 Å². The summed E-state index contributed by atoms with van der Waals surface area (Å²) in [7, 11) is 0. The maximum Gasteiger partial charge on any atom is 0.257 e. The molecule has 0 bridgehead atoms. The zero-order valence-electron chi connectivity index (χ0n) is 15.3. The van der Waals surface area contributed by atoms with Crippen LogP contribution in [0.15, 0.2) is 66.7 Å². The van der Waals surface area contributed by atoms with E-state index < -0.39 is 5.91 Å². The topological polar surface area (TPSA) is 75.3 Å². The molecule has 0 aliphatic heterocycles. The van der Waals surface area contributed by atoms with E-state index in [0.29, 0.717) is 16.3 Å². The van der Waals surface area contributed by atoms with E-state index in [1.54, 1.807) is 42.5 Å². The van der Waals surface area contributed by atoms with Crippen LogP contribution in [0, 0.1) is 0 Å². The Morgan fingerprint density at radius 3 is 2.21 bits per heavy atom. The second-order valence-electron chi connectivity index (χ2n) is 6.21. The fourth-order valence-electron chi connectivity index (χ4n) is 2.73. The molecule has 7 heteroatoms. The normalized spacial score (nSPS) is 10.3. The molecule has 0 aliphatic rings. The minimum absolute atomic E-state index is 0.232. The summed E-state index contributed by atoms with van der Waals surface area (Å²) in [6.07, 6.45) is 0. The number of anilines is 2. The molecule has 0 atom stereocenters. The van der Waals surface area contributed by atoms with Gasteiger partial charge in [0.05, 0.1) is 16.3 Å². The van der Waals surface area contributed by atoms with Gasteiger partial charge in [0.1, 0.15) is 0 Å². The van der Waals surface area contributed by atoms with Crippen molar-refractivity contribution in [3.63, 3.8) is 0 Å². The Morgan fingerprint density at radius 1 is 0.793 bits per heavy atom. The van der Waals surface area contributed by atoms with Gasteiger partial charge < -0.3 is 10.6 Å². The number of hydrogen-bond acceptors (Lipinski definition) is 3. The van der Waals surface area contributed by atoms with E-state index in [0.717, 1.165) is 0 Å². The minimum Gasteiger partial charge on any atom is -0.326 e. The van der Waals surface area contributed by atoms with Crippen LogP contribution in [0.4, 0.5) is 11.4 Å². The number of rotatable bonds is 5. The SMILES string of the molecule is CC(=O)Nc1cc(Cl)ccc1C(=O)Nc1ccc(Cl)c(C(=O)c2ccccc2)c1. The van der Waals surface area contributed by atoms with Crippen molar-refractivity contribution in [2.24, 2.45) is 0 Å². The first-order chi connectivity index (χ1) is 13.8. The lowest BCUT2D eigenvalue weighted by Crippen LogP contribution is -2.17. The average molecular weight is 427 g/mol. The molecule has 0 radical (unpaired) electrons. The average Bonchev–Trinajstić information content (AvgIpc) is 2.69. The Labute approximate surface area is 177 Å². The van der Waals surface area contributed by atoms with Crippen LogP contribution in [-0.2, 0) is 4.79 Å². The van der Waals surface area contributed by atoms with Crippen LogP contribution in [0.5, 0.6) is 0 Å². The van der Waals surface area contributed by atoms with E-state index in [4.69, 9.17) is 23.2 Å². The van der Waals surface area contributed by atoms with Gasteiger partial charge in [-0.25, -0.2) is 0 Å². The zero-order chi connectivity index (χ0) is 21.0. The summed E-state index contributed by atoms with van der Waals surface area (Å²) in [6, 6.07) is 17.9. The lowest BCUT2D eigenvalue weighted by atomic mass is 10.0. The van der Waals surface area contributed by atoms with Crippen molar-refractivity contribution in [1.82, 2.24) is 0 Å². The van der Waals surface area contributed by atoms with Crippen LogP contribution >= 0.6 is 23.2 Å². The summed E-state index contributed by atoms with van der Waals surface area (Å²) in [5.41, 5.74) is 1.67. The van der Waals surface area contributed by atoms with E-state index in [9.17, 15) is 14.4 Å². The molecule has 0 saturated carbocycles. The van der Waals surface area contributed by atoms with Gasteiger partial charge in [0.15, 0.2) is 5.78 Å². The summed E-state index contributed by atoms with van der Waals surface area (Å²) >= 11 is 12.2. The molecule has 2 amide bonds. The van der Waals surface area contributed by atoms with Crippen molar-refractivity contribution in [2.75, 3.05) is 10.6 Å². The van der Waals surface area contributed by atoms with Crippen molar-refractivity contribution >= 4 is 52.2 Å². The van der Waals surface area contributed by atoms with Crippen LogP contribution < -0.4 is 10.6 Å². The molecule has 0 spiro atoms. The molecule has 0 unspecified atom stereocenters. The van der Waals surface area contributed by atoms with Gasteiger partial charge in [-0.15, -0.1) is 0 Å². The van der Waals surface area contributed by atoms with Crippen molar-refractivity contribution in [3.8, 4) is 0 Å². The number of amides is 2. The first kappa shape index (κ1) is 20.6. The van der Waals surface area contributed by atoms with Gasteiger partial charge in [-0.3, -0.25) is 14.4 Å². The Balaban J connectivity index is 1.89. The van der Waals surface area contributed by atoms with Gasteiger partial charge in [0.2, 0.25) is 5.91 Å². The van der Waals surface area contributed by atoms with Crippen LogP contribution in [0.1, 0.15) is 33.2 Å². The van der Waals surface area contributed by atoms with E-state index in [2.05, 4.69) is 10.6 Å². The quantitative estimate of drug-likeness (QED) is 0.533. The summed E-state index contributed by atoms with van der Waals surface area (Å²) in [5, 5.41) is 5.96. The molecule has 0 fully saturated rings. The van der Waals surface area contributed by atoms with Crippen LogP contribution in [-0.4, -0.2) is 17.6 Å². The monoisotopic (exact) mass is 426 g/mol. The number of benzene rings is 3. The Morgan fingerprint density at radius 2 is 1.52 bits per heavy atom. The number of halogens is 2. The maximum absolute atomic E-state index is 12.7. The summed E-state index contributed by atoms with van der Waals surface area (Å²) in [5.74, 6) is -1.05. The summed E-state index contributed by atoms with van der Waals surface area (Å²) < 4.78 is 0. The van der Waals surface area contributed by atoms with Crippen LogP contribution in [0.25, 0.3) is 0 Å². The summed E-state index contributed by atoms with van der Waals surface area (Å²) in [6.45, 7) is 1.34. The highest BCUT2D eigenvalue weighted by atomic mass is 35.5.